The molecule has 0 aliphatic carbocycles. The van der Waals surface area contributed by atoms with E-state index in [4.69, 9.17) is 10.5 Å². The highest BCUT2D eigenvalue weighted by atomic mass is 16.5. The van der Waals surface area contributed by atoms with Crippen molar-refractivity contribution in [3.63, 3.8) is 0 Å². The predicted molar refractivity (Wildman–Crippen MR) is 68.4 cm³/mol. The van der Waals surface area contributed by atoms with E-state index < -0.39 is 0 Å². The van der Waals surface area contributed by atoms with Crippen LogP contribution < -0.4 is 5.73 Å². The van der Waals surface area contributed by atoms with E-state index in [0.717, 1.165) is 19.1 Å². The summed E-state index contributed by atoms with van der Waals surface area (Å²) in [7, 11) is 1.79. The zero-order valence-electron chi connectivity index (χ0n) is 11.3. The average Bonchev–Trinajstić information content (AvgIpc) is 2.26. The molecule has 3 nitrogen and oxygen atoms in total. The molecule has 1 saturated heterocycles. The second kappa shape index (κ2) is 6.58. The number of likely N-dealkylation sites (tertiary alicyclic amines) is 1. The average molecular weight is 228 g/mol. The van der Waals surface area contributed by atoms with Gasteiger partial charge in [-0.15, -0.1) is 0 Å². The van der Waals surface area contributed by atoms with Gasteiger partial charge in [0, 0.05) is 25.7 Å². The molecule has 0 aromatic heterocycles. The Morgan fingerprint density at radius 3 is 2.62 bits per heavy atom. The predicted octanol–water partition coefficient (Wildman–Crippen LogP) is 1.72. The van der Waals surface area contributed by atoms with Gasteiger partial charge in [0.15, 0.2) is 0 Å². The molecule has 0 saturated carbocycles. The van der Waals surface area contributed by atoms with Crippen molar-refractivity contribution in [2.75, 3.05) is 26.8 Å². The van der Waals surface area contributed by atoms with E-state index in [1.807, 2.05) is 0 Å². The SMILES string of the molecule is COCC(C(C)C)N1CCC(C)CC1CN. The van der Waals surface area contributed by atoms with Crippen LogP contribution in [0.15, 0.2) is 0 Å². The van der Waals surface area contributed by atoms with Crippen LogP contribution in [0.25, 0.3) is 0 Å². The monoisotopic (exact) mass is 228 g/mol. The van der Waals surface area contributed by atoms with E-state index in [0.29, 0.717) is 18.0 Å². The van der Waals surface area contributed by atoms with Crippen molar-refractivity contribution in [1.29, 1.82) is 0 Å². The topological polar surface area (TPSA) is 38.5 Å². The minimum atomic E-state index is 0.519. The molecule has 0 spiro atoms. The molecular formula is C13H28N2O. The molecule has 0 aromatic rings. The molecule has 16 heavy (non-hydrogen) atoms. The molecule has 96 valence electrons. The van der Waals surface area contributed by atoms with E-state index in [1.54, 1.807) is 7.11 Å². The van der Waals surface area contributed by atoms with Gasteiger partial charge in [-0.25, -0.2) is 0 Å². The molecule has 0 aromatic carbocycles. The van der Waals surface area contributed by atoms with Gasteiger partial charge in [0.2, 0.25) is 0 Å². The lowest BCUT2D eigenvalue weighted by molar-refractivity contribution is 0.00994. The van der Waals surface area contributed by atoms with Gasteiger partial charge in [-0.05, 0) is 31.2 Å². The number of ether oxygens (including phenoxy) is 1. The molecule has 3 unspecified atom stereocenters. The molecule has 1 rings (SSSR count). The molecule has 2 N–H and O–H groups in total. The zero-order chi connectivity index (χ0) is 12.1. The number of methoxy groups -OCH3 is 1. The fourth-order valence-corrected chi connectivity index (χ4v) is 2.78. The zero-order valence-corrected chi connectivity index (χ0v) is 11.3. The minimum absolute atomic E-state index is 0.519. The maximum atomic E-state index is 5.91. The van der Waals surface area contributed by atoms with Crippen molar-refractivity contribution in [1.82, 2.24) is 4.90 Å². The molecule has 1 aliphatic heterocycles. The van der Waals surface area contributed by atoms with Crippen LogP contribution in [0.1, 0.15) is 33.6 Å². The van der Waals surface area contributed by atoms with Crippen LogP contribution in [0.2, 0.25) is 0 Å². The maximum absolute atomic E-state index is 5.91. The summed E-state index contributed by atoms with van der Waals surface area (Å²) < 4.78 is 5.36. The van der Waals surface area contributed by atoms with Gasteiger partial charge in [0.1, 0.15) is 0 Å². The number of nitrogens with zero attached hydrogens (tertiary/aromatic N) is 1. The van der Waals surface area contributed by atoms with E-state index in [1.165, 1.54) is 19.4 Å². The fraction of sp³-hybridized carbons (Fsp3) is 1.00. The minimum Gasteiger partial charge on any atom is -0.383 e. The van der Waals surface area contributed by atoms with Crippen LogP contribution in [-0.2, 0) is 4.74 Å². The second-order valence-electron chi connectivity index (χ2n) is 5.52. The first kappa shape index (κ1) is 13.9. The number of rotatable bonds is 5. The van der Waals surface area contributed by atoms with Gasteiger partial charge in [0.25, 0.3) is 0 Å². The molecule has 0 amide bonds. The normalized spacial score (nSPS) is 29.6. The Morgan fingerprint density at radius 2 is 2.12 bits per heavy atom. The van der Waals surface area contributed by atoms with Crippen LogP contribution in [0.5, 0.6) is 0 Å². The fourth-order valence-electron chi connectivity index (χ4n) is 2.78. The number of hydrogen-bond acceptors (Lipinski definition) is 3. The lowest BCUT2D eigenvalue weighted by Gasteiger charge is -2.44. The highest BCUT2D eigenvalue weighted by Gasteiger charge is 2.31. The summed E-state index contributed by atoms with van der Waals surface area (Å²) >= 11 is 0. The van der Waals surface area contributed by atoms with E-state index in [9.17, 15) is 0 Å². The molecule has 3 heteroatoms. The van der Waals surface area contributed by atoms with Crippen molar-refractivity contribution in [3.8, 4) is 0 Å². The summed E-state index contributed by atoms with van der Waals surface area (Å²) in [5.41, 5.74) is 5.91. The van der Waals surface area contributed by atoms with Gasteiger partial charge >= 0.3 is 0 Å². The number of nitrogens with two attached hydrogens (primary N) is 1. The van der Waals surface area contributed by atoms with Crippen LogP contribution in [0.3, 0.4) is 0 Å². The van der Waals surface area contributed by atoms with E-state index in [-0.39, 0.29) is 0 Å². The summed E-state index contributed by atoms with van der Waals surface area (Å²) in [6.07, 6.45) is 2.53. The van der Waals surface area contributed by atoms with Crippen LogP contribution in [-0.4, -0.2) is 43.8 Å². The van der Waals surface area contributed by atoms with Gasteiger partial charge in [-0.2, -0.15) is 0 Å². The Kier molecular flexibility index (Phi) is 5.73. The standard InChI is InChI=1S/C13H28N2O/c1-10(2)13(9-16-4)15-6-5-11(3)7-12(15)8-14/h10-13H,5-9,14H2,1-4H3. The second-order valence-corrected chi connectivity index (χ2v) is 5.52. The third-order valence-electron chi connectivity index (χ3n) is 3.83. The summed E-state index contributed by atoms with van der Waals surface area (Å²) in [5.74, 6) is 1.45. The van der Waals surface area contributed by atoms with Gasteiger partial charge in [-0.3, -0.25) is 4.90 Å². The lowest BCUT2D eigenvalue weighted by atomic mass is 9.89. The molecule has 1 fully saturated rings. The summed E-state index contributed by atoms with van der Waals surface area (Å²) in [5, 5.41) is 0. The highest BCUT2D eigenvalue weighted by Crippen LogP contribution is 2.26. The quantitative estimate of drug-likeness (QED) is 0.778. The first-order valence-corrected chi connectivity index (χ1v) is 6.54. The molecule has 1 heterocycles. The van der Waals surface area contributed by atoms with E-state index >= 15 is 0 Å². The van der Waals surface area contributed by atoms with Gasteiger partial charge in [-0.1, -0.05) is 20.8 Å². The molecule has 0 bridgehead atoms. The molecular weight excluding hydrogens is 200 g/mol. The first-order valence-electron chi connectivity index (χ1n) is 6.54. The van der Waals surface area contributed by atoms with Crippen molar-refractivity contribution in [3.05, 3.63) is 0 Å². The Morgan fingerprint density at radius 1 is 1.44 bits per heavy atom. The Hall–Kier alpha value is -0.120. The number of piperidine rings is 1. The van der Waals surface area contributed by atoms with Gasteiger partial charge < -0.3 is 10.5 Å². The molecule has 1 aliphatic rings. The smallest absolute Gasteiger partial charge is 0.0620 e. The lowest BCUT2D eigenvalue weighted by Crippen LogP contribution is -2.54. The molecule has 0 radical (unpaired) electrons. The van der Waals surface area contributed by atoms with Crippen molar-refractivity contribution in [2.24, 2.45) is 17.6 Å². The van der Waals surface area contributed by atoms with Crippen molar-refractivity contribution >= 4 is 0 Å². The van der Waals surface area contributed by atoms with Gasteiger partial charge in [0.05, 0.1) is 6.61 Å². The largest absolute Gasteiger partial charge is 0.383 e. The van der Waals surface area contributed by atoms with Crippen LogP contribution >= 0.6 is 0 Å². The third-order valence-corrected chi connectivity index (χ3v) is 3.83. The Labute approximate surface area is 100 Å². The summed E-state index contributed by atoms with van der Waals surface area (Å²) in [4.78, 5) is 2.58. The summed E-state index contributed by atoms with van der Waals surface area (Å²) in [6, 6.07) is 1.07. The van der Waals surface area contributed by atoms with Crippen LogP contribution in [0, 0.1) is 11.8 Å². The number of hydrogen-bond donors (Lipinski definition) is 1. The molecule has 3 atom stereocenters. The van der Waals surface area contributed by atoms with Crippen molar-refractivity contribution < 1.29 is 4.74 Å². The van der Waals surface area contributed by atoms with Crippen LogP contribution in [0.4, 0.5) is 0 Å². The third kappa shape index (κ3) is 3.44. The Balaban J connectivity index is 2.66. The maximum Gasteiger partial charge on any atom is 0.0620 e. The van der Waals surface area contributed by atoms with Crippen molar-refractivity contribution in [2.45, 2.75) is 45.7 Å². The Bertz CT molecular complexity index is 196. The highest BCUT2D eigenvalue weighted by molar-refractivity contribution is 4.87. The first-order chi connectivity index (χ1) is 7.60. The van der Waals surface area contributed by atoms with E-state index in [2.05, 4.69) is 25.7 Å². The summed E-state index contributed by atoms with van der Waals surface area (Å²) in [6.45, 7) is 9.65.